The fourth-order valence-electron chi connectivity index (χ4n) is 2.82. The Balaban J connectivity index is 1.83. The molecular formula is C18H19NO5S. The summed E-state index contributed by atoms with van der Waals surface area (Å²) in [6.07, 6.45) is 0.268. The zero-order valence-electron chi connectivity index (χ0n) is 14.0. The minimum absolute atomic E-state index is 0.0102. The fourth-order valence-corrected chi connectivity index (χ4v) is 3.75. The topological polar surface area (TPSA) is 84.9 Å². The van der Waals surface area contributed by atoms with Crippen LogP contribution in [-0.2, 0) is 9.53 Å². The van der Waals surface area contributed by atoms with Gasteiger partial charge in [0.25, 0.3) is 5.91 Å². The lowest BCUT2D eigenvalue weighted by atomic mass is 9.99. The van der Waals surface area contributed by atoms with Crippen LogP contribution in [0.2, 0.25) is 0 Å². The molecule has 0 radical (unpaired) electrons. The standard InChI is InChI=1S/C18H19NO5S/c1-11-14(12-3-5-13(23-2)6-4-12)9-15(25-11)16(20)19-18(17(21)22)7-8-24-10-18/h3-6,9H,7-8,10H2,1-2H3,(H,19,20)(H,21,22). The van der Waals surface area contributed by atoms with Crippen molar-refractivity contribution in [2.75, 3.05) is 20.3 Å². The number of benzene rings is 1. The summed E-state index contributed by atoms with van der Waals surface area (Å²) in [7, 11) is 1.61. The molecule has 0 bridgehead atoms. The highest BCUT2D eigenvalue weighted by Gasteiger charge is 2.44. The zero-order valence-corrected chi connectivity index (χ0v) is 14.8. The fraction of sp³-hybridized carbons (Fsp3) is 0.333. The molecule has 1 aromatic heterocycles. The highest BCUT2D eigenvalue weighted by Crippen LogP contribution is 2.32. The van der Waals surface area contributed by atoms with E-state index in [2.05, 4.69) is 5.32 Å². The second-order valence-corrected chi connectivity index (χ2v) is 7.21. The van der Waals surface area contributed by atoms with Gasteiger partial charge in [0.05, 0.1) is 18.6 Å². The minimum Gasteiger partial charge on any atom is -0.497 e. The van der Waals surface area contributed by atoms with E-state index < -0.39 is 11.5 Å². The van der Waals surface area contributed by atoms with Gasteiger partial charge in [-0.05, 0) is 36.2 Å². The first kappa shape index (κ1) is 17.4. The minimum atomic E-state index is -1.34. The number of carboxylic acids is 1. The molecule has 1 amide bonds. The molecule has 6 nitrogen and oxygen atoms in total. The third kappa shape index (κ3) is 3.38. The highest BCUT2D eigenvalue weighted by molar-refractivity contribution is 7.14. The van der Waals surface area contributed by atoms with Crippen molar-refractivity contribution < 1.29 is 24.2 Å². The Morgan fingerprint density at radius 2 is 2.04 bits per heavy atom. The van der Waals surface area contributed by atoms with Crippen LogP contribution in [0, 0.1) is 6.92 Å². The molecule has 1 aromatic carbocycles. The number of carbonyl (C=O) groups is 2. The maximum absolute atomic E-state index is 12.6. The van der Waals surface area contributed by atoms with Crippen molar-refractivity contribution in [1.29, 1.82) is 0 Å². The Kier molecular flexibility index (Phi) is 4.78. The quantitative estimate of drug-likeness (QED) is 0.855. The Labute approximate surface area is 149 Å². The number of hydrogen-bond acceptors (Lipinski definition) is 5. The Morgan fingerprint density at radius 3 is 2.60 bits per heavy atom. The first-order chi connectivity index (χ1) is 11.9. The van der Waals surface area contributed by atoms with Gasteiger partial charge in [0.15, 0.2) is 5.54 Å². The van der Waals surface area contributed by atoms with E-state index in [0.717, 1.165) is 21.8 Å². The number of hydrogen-bond donors (Lipinski definition) is 2. The third-order valence-corrected chi connectivity index (χ3v) is 5.38. The van der Waals surface area contributed by atoms with Crippen LogP contribution in [0.5, 0.6) is 5.75 Å². The summed E-state index contributed by atoms with van der Waals surface area (Å²) < 4.78 is 10.3. The number of nitrogens with one attached hydrogen (secondary N) is 1. The van der Waals surface area contributed by atoms with Gasteiger partial charge in [-0.25, -0.2) is 4.79 Å². The van der Waals surface area contributed by atoms with Gasteiger partial charge in [0, 0.05) is 17.9 Å². The first-order valence-electron chi connectivity index (χ1n) is 7.84. The lowest BCUT2D eigenvalue weighted by Gasteiger charge is -2.23. The molecule has 2 N–H and O–H groups in total. The molecule has 2 heterocycles. The number of ether oxygens (including phenoxy) is 2. The average Bonchev–Trinajstić information content (AvgIpc) is 3.22. The van der Waals surface area contributed by atoms with Crippen molar-refractivity contribution in [3.8, 4) is 16.9 Å². The molecule has 132 valence electrons. The molecule has 1 unspecified atom stereocenters. The van der Waals surface area contributed by atoms with E-state index in [1.165, 1.54) is 11.3 Å². The number of thiophene rings is 1. The zero-order chi connectivity index (χ0) is 18.0. The summed E-state index contributed by atoms with van der Waals surface area (Å²) in [4.78, 5) is 25.6. The first-order valence-corrected chi connectivity index (χ1v) is 8.65. The van der Waals surface area contributed by atoms with Gasteiger partial charge in [0.1, 0.15) is 5.75 Å². The third-order valence-electron chi connectivity index (χ3n) is 4.33. The van der Waals surface area contributed by atoms with Crippen LogP contribution >= 0.6 is 11.3 Å². The molecule has 25 heavy (non-hydrogen) atoms. The summed E-state index contributed by atoms with van der Waals surface area (Å²) in [5, 5.41) is 12.1. The second-order valence-electron chi connectivity index (χ2n) is 5.95. The van der Waals surface area contributed by atoms with E-state index in [-0.39, 0.29) is 18.9 Å². The van der Waals surface area contributed by atoms with Crippen LogP contribution in [0.25, 0.3) is 11.1 Å². The lowest BCUT2D eigenvalue weighted by Crippen LogP contribution is -2.55. The van der Waals surface area contributed by atoms with Crippen LogP contribution in [0.4, 0.5) is 0 Å². The van der Waals surface area contributed by atoms with Crippen molar-refractivity contribution in [3.63, 3.8) is 0 Å². The van der Waals surface area contributed by atoms with Crippen LogP contribution < -0.4 is 10.1 Å². The number of aliphatic carboxylic acids is 1. The molecule has 1 aliphatic heterocycles. The van der Waals surface area contributed by atoms with E-state index >= 15 is 0 Å². The normalized spacial score (nSPS) is 19.6. The maximum atomic E-state index is 12.6. The van der Waals surface area contributed by atoms with Gasteiger partial charge in [-0.3, -0.25) is 4.79 Å². The van der Waals surface area contributed by atoms with Gasteiger partial charge in [-0.15, -0.1) is 11.3 Å². The second kappa shape index (κ2) is 6.85. The molecule has 1 fully saturated rings. The van der Waals surface area contributed by atoms with E-state index in [0.29, 0.717) is 11.5 Å². The summed E-state index contributed by atoms with van der Waals surface area (Å²) in [5.41, 5.74) is 0.588. The number of rotatable bonds is 5. The van der Waals surface area contributed by atoms with E-state index in [1.807, 2.05) is 31.2 Å². The number of methoxy groups -OCH3 is 1. The van der Waals surface area contributed by atoms with Gasteiger partial charge >= 0.3 is 5.97 Å². The molecule has 0 aliphatic carbocycles. The molecule has 3 rings (SSSR count). The number of carbonyl (C=O) groups excluding carboxylic acids is 1. The summed E-state index contributed by atoms with van der Waals surface area (Å²) in [6, 6.07) is 9.38. The smallest absolute Gasteiger partial charge is 0.331 e. The molecule has 2 aromatic rings. The maximum Gasteiger partial charge on any atom is 0.331 e. The number of aryl methyl sites for hydroxylation is 1. The predicted octanol–water partition coefficient (Wildman–Crippen LogP) is 2.71. The molecule has 1 aliphatic rings. The SMILES string of the molecule is COc1ccc(-c2cc(C(=O)NC3(C(=O)O)CCOC3)sc2C)cc1. The van der Waals surface area contributed by atoms with E-state index in [4.69, 9.17) is 9.47 Å². The largest absolute Gasteiger partial charge is 0.497 e. The lowest BCUT2D eigenvalue weighted by molar-refractivity contribution is -0.144. The van der Waals surface area contributed by atoms with Crippen molar-refractivity contribution in [3.05, 3.63) is 40.1 Å². The Hall–Kier alpha value is -2.38. The van der Waals surface area contributed by atoms with Crippen molar-refractivity contribution in [1.82, 2.24) is 5.32 Å². The molecule has 0 saturated carbocycles. The molecule has 1 saturated heterocycles. The van der Waals surface area contributed by atoms with Crippen molar-refractivity contribution >= 4 is 23.2 Å². The molecule has 0 spiro atoms. The summed E-state index contributed by atoms with van der Waals surface area (Å²) in [5.74, 6) is -0.693. The Bertz CT molecular complexity index is 790. The van der Waals surface area contributed by atoms with Gasteiger partial charge < -0.3 is 19.9 Å². The van der Waals surface area contributed by atoms with Crippen LogP contribution in [0.1, 0.15) is 21.0 Å². The Morgan fingerprint density at radius 1 is 1.32 bits per heavy atom. The highest BCUT2D eigenvalue weighted by atomic mass is 32.1. The van der Waals surface area contributed by atoms with Gasteiger partial charge in [0.2, 0.25) is 0 Å². The predicted molar refractivity (Wildman–Crippen MR) is 94.3 cm³/mol. The van der Waals surface area contributed by atoms with E-state index in [9.17, 15) is 14.7 Å². The van der Waals surface area contributed by atoms with Crippen LogP contribution in [-0.4, -0.2) is 42.8 Å². The van der Waals surface area contributed by atoms with Gasteiger partial charge in [-0.2, -0.15) is 0 Å². The monoisotopic (exact) mass is 361 g/mol. The molecular weight excluding hydrogens is 342 g/mol. The average molecular weight is 361 g/mol. The van der Waals surface area contributed by atoms with Gasteiger partial charge in [-0.1, -0.05) is 12.1 Å². The number of carboxylic acid groups (broad SMARTS) is 1. The number of amides is 1. The van der Waals surface area contributed by atoms with E-state index in [1.54, 1.807) is 13.2 Å². The summed E-state index contributed by atoms with van der Waals surface area (Å²) >= 11 is 1.34. The molecule has 7 heteroatoms. The van der Waals surface area contributed by atoms with Crippen LogP contribution in [0.3, 0.4) is 0 Å². The summed E-state index contributed by atoms with van der Waals surface area (Å²) in [6.45, 7) is 2.25. The van der Waals surface area contributed by atoms with Crippen LogP contribution in [0.15, 0.2) is 30.3 Å². The molecule has 1 atom stereocenters. The van der Waals surface area contributed by atoms with Crippen molar-refractivity contribution in [2.24, 2.45) is 0 Å². The van der Waals surface area contributed by atoms with Crippen molar-refractivity contribution in [2.45, 2.75) is 18.9 Å².